The molecule has 0 aromatic carbocycles. The van der Waals surface area contributed by atoms with Crippen molar-refractivity contribution in [3.63, 3.8) is 0 Å². The number of hydrogen-bond donors (Lipinski definition) is 2. The zero-order valence-electron chi connectivity index (χ0n) is 9.17. The Kier molecular flexibility index (Phi) is 3.29. The van der Waals surface area contributed by atoms with Gasteiger partial charge in [-0.3, -0.25) is 4.79 Å². The molecule has 0 spiro atoms. The SMILES string of the molecule is CCc1nnsc1C(=O)Nc1ncccc1N. The van der Waals surface area contributed by atoms with E-state index in [1.54, 1.807) is 18.3 Å². The van der Waals surface area contributed by atoms with E-state index >= 15 is 0 Å². The summed E-state index contributed by atoms with van der Waals surface area (Å²) in [5, 5.41) is 6.52. The second-order valence-electron chi connectivity index (χ2n) is 3.30. The number of nitrogens with two attached hydrogens (primary N) is 1. The smallest absolute Gasteiger partial charge is 0.270 e. The van der Waals surface area contributed by atoms with Crippen molar-refractivity contribution < 1.29 is 4.79 Å². The predicted molar refractivity (Wildman–Crippen MR) is 65.9 cm³/mol. The number of carbonyl (C=O) groups excluding carboxylic acids is 1. The molecular weight excluding hydrogens is 238 g/mol. The maximum Gasteiger partial charge on any atom is 0.270 e. The summed E-state index contributed by atoms with van der Waals surface area (Å²) in [6.45, 7) is 1.92. The first-order valence-corrected chi connectivity index (χ1v) is 5.82. The maximum atomic E-state index is 11.9. The van der Waals surface area contributed by atoms with E-state index in [-0.39, 0.29) is 5.91 Å². The molecule has 1 amide bonds. The molecule has 6 nitrogen and oxygen atoms in total. The molecular formula is C10H11N5OS. The minimum Gasteiger partial charge on any atom is -0.396 e. The molecule has 2 aromatic rings. The van der Waals surface area contributed by atoms with Crippen LogP contribution in [0.4, 0.5) is 11.5 Å². The molecule has 0 saturated heterocycles. The van der Waals surface area contributed by atoms with E-state index in [0.29, 0.717) is 28.5 Å². The van der Waals surface area contributed by atoms with Gasteiger partial charge in [-0.1, -0.05) is 11.4 Å². The van der Waals surface area contributed by atoms with E-state index in [0.717, 1.165) is 11.5 Å². The van der Waals surface area contributed by atoms with Crippen molar-refractivity contribution in [2.75, 3.05) is 11.1 Å². The number of rotatable bonds is 3. The van der Waals surface area contributed by atoms with Gasteiger partial charge >= 0.3 is 0 Å². The molecule has 0 aliphatic carbocycles. The van der Waals surface area contributed by atoms with E-state index in [9.17, 15) is 4.79 Å². The average Bonchev–Trinajstić information content (AvgIpc) is 2.80. The summed E-state index contributed by atoms with van der Waals surface area (Å²) in [5.41, 5.74) is 6.80. The fourth-order valence-corrected chi connectivity index (χ4v) is 1.94. The highest BCUT2D eigenvalue weighted by atomic mass is 32.1. The second kappa shape index (κ2) is 4.88. The van der Waals surface area contributed by atoms with Crippen molar-refractivity contribution in [3.8, 4) is 0 Å². The number of nitrogens with one attached hydrogen (secondary N) is 1. The van der Waals surface area contributed by atoms with Gasteiger partial charge in [-0.2, -0.15) is 0 Å². The Labute approximate surface area is 102 Å². The number of nitrogen functional groups attached to an aromatic ring is 1. The number of aryl methyl sites for hydroxylation is 1. The van der Waals surface area contributed by atoms with Crippen LogP contribution in [-0.2, 0) is 6.42 Å². The number of carbonyl (C=O) groups is 1. The highest BCUT2D eigenvalue weighted by Crippen LogP contribution is 2.17. The van der Waals surface area contributed by atoms with Crippen LogP contribution in [0.3, 0.4) is 0 Å². The molecule has 0 aliphatic heterocycles. The quantitative estimate of drug-likeness (QED) is 0.855. The van der Waals surface area contributed by atoms with Crippen molar-refractivity contribution in [3.05, 3.63) is 28.9 Å². The van der Waals surface area contributed by atoms with Gasteiger partial charge < -0.3 is 11.1 Å². The molecule has 0 aliphatic rings. The summed E-state index contributed by atoms with van der Waals surface area (Å²) < 4.78 is 3.76. The Bertz CT molecular complexity index is 539. The van der Waals surface area contributed by atoms with Gasteiger partial charge in [-0.05, 0) is 30.1 Å². The van der Waals surface area contributed by atoms with Crippen LogP contribution >= 0.6 is 11.5 Å². The van der Waals surface area contributed by atoms with E-state index in [1.165, 1.54) is 0 Å². The highest BCUT2D eigenvalue weighted by Gasteiger charge is 2.16. The maximum absolute atomic E-state index is 11.9. The fourth-order valence-electron chi connectivity index (χ4n) is 1.30. The van der Waals surface area contributed by atoms with Gasteiger partial charge in [0.15, 0.2) is 5.82 Å². The minimum absolute atomic E-state index is 0.276. The lowest BCUT2D eigenvalue weighted by atomic mass is 10.3. The number of anilines is 2. The van der Waals surface area contributed by atoms with Crippen LogP contribution < -0.4 is 11.1 Å². The van der Waals surface area contributed by atoms with Crippen LogP contribution in [-0.4, -0.2) is 20.5 Å². The molecule has 0 atom stereocenters. The molecule has 0 unspecified atom stereocenters. The standard InChI is InChI=1S/C10H11N5OS/c1-2-7-8(17-15-14-7)10(16)13-9-6(11)4-3-5-12-9/h3-5H,2,11H2,1H3,(H,12,13,16). The van der Waals surface area contributed by atoms with Gasteiger partial charge in [-0.15, -0.1) is 5.10 Å². The van der Waals surface area contributed by atoms with Gasteiger partial charge in [0.05, 0.1) is 11.4 Å². The van der Waals surface area contributed by atoms with Crippen LogP contribution in [0.15, 0.2) is 18.3 Å². The van der Waals surface area contributed by atoms with E-state index in [1.807, 2.05) is 6.92 Å². The van der Waals surface area contributed by atoms with Gasteiger partial charge in [0.1, 0.15) is 4.88 Å². The molecule has 3 N–H and O–H groups in total. The summed E-state index contributed by atoms with van der Waals surface area (Å²) in [5.74, 6) is 0.0789. The van der Waals surface area contributed by atoms with Crippen LogP contribution in [0.25, 0.3) is 0 Å². The Morgan fingerprint density at radius 1 is 1.59 bits per heavy atom. The Morgan fingerprint density at radius 2 is 2.41 bits per heavy atom. The number of nitrogens with zero attached hydrogens (tertiary/aromatic N) is 3. The monoisotopic (exact) mass is 249 g/mol. The summed E-state index contributed by atoms with van der Waals surface area (Å²) in [7, 11) is 0. The Balaban J connectivity index is 2.20. The summed E-state index contributed by atoms with van der Waals surface area (Å²) in [4.78, 5) is 16.4. The lowest BCUT2D eigenvalue weighted by molar-refractivity contribution is 0.102. The molecule has 88 valence electrons. The molecule has 2 aromatic heterocycles. The summed E-state index contributed by atoms with van der Waals surface area (Å²) in [6, 6.07) is 3.38. The fraction of sp³-hybridized carbons (Fsp3) is 0.200. The Morgan fingerprint density at radius 3 is 3.12 bits per heavy atom. The third kappa shape index (κ3) is 2.39. The van der Waals surface area contributed by atoms with Crippen molar-refractivity contribution in [2.45, 2.75) is 13.3 Å². The van der Waals surface area contributed by atoms with Crippen LogP contribution in [0.5, 0.6) is 0 Å². The third-order valence-corrected chi connectivity index (χ3v) is 2.93. The summed E-state index contributed by atoms with van der Waals surface area (Å²) >= 11 is 1.07. The van der Waals surface area contributed by atoms with E-state index < -0.39 is 0 Å². The molecule has 17 heavy (non-hydrogen) atoms. The van der Waals surface area contributed by atoms with Crippen molar-refractivity contribution in [1.29, 1.82) is 0 Å². The molecule has 0 fully saturated rings. The first-order valence-electron chi connectivity index (χ1n) is 5.05. The average molecular weight is 249 g/mol. The van der Waals surface area contributed by atoms with Gasteiger partial charge in [0.25, 0.3) is 5.91 Å². The lowest BCUT2D eigenvalue weighted by Crippen LogP contribution is -2.14. The second-order valence-corrected chi connectivity index (χ2v) is 4.05. The van der Waals surface area contributed by atoms with Crippen LogP contribution in [0.2, 0.25) is 0 Å². The zero-order valence-corrected chi connectivity index (χ0v) is 9.99. The third-order valence-electron chi connectivity index (χ3n) is 2.17. The summed E-state index contributed by atoms with van der Waals surface area (Å²) in [6.07, 6.45) is 2.23. The van der Waals surface area contributed by atoms with Crippen LogP contribution in [0, 0.1) is 0 Å². The van der Waals surface area contributed by atoms with Crippen molar-refractivity contribution in [1.82, 2.24) is 14.6 Å². The molecule has 7 heteroatoms. The first kappa shape index (κ1) is 11.5. The predicted octanol–water partition coefficient (Wildman–Crippen LogP) is 1.33. The van der Waals surface area contributed by atoms with Crippen LogP contribution in [0.1, 0.15) is 22.3 Å². The largest absolute Gasteiger partial charge is 0.396 e. The molecule has 2 rings (SSSR count). The molecule has 0 radical (unpaired) electrons. The number of hydrogen-bond acceptors (Lipinski definition) is 6. The highest BCUT2D eigenvalue weighted by molar-refractivity contribution is 7.08. The van der Waals surface area contributed by atoms with Gasteiger partial charge in [-0.25, -0.2) is 4.98 Å². The molecule has 0 bridgehead atoms. The number of pyridine rings is 1. The lowest BCUT2D eigenvalue weighted by Gasteiger charge is -2.05. The normalized spacial score (nSPS) is 10.2. The van der Waals surface area contributed by atoms with Crippen molar-refractivity contribution >= 4 is 28.9 Å². The first-order chi connectivity index (χ1) is 8.22. The van der Waals surface area contributed by atoms with Gasteiger partial charge in [0.2, 0.25) is 0 Å². The van der Waals surface area contributed by atoms with E-state index in [4.69, 9.17) is 5.73 Å². The minimum atomic E-state index is -0.276. The number of aromatic nitrogens is 3. The molecule has 2 heterocycles. The van der Waals surface area contributed by atoms with Gasteiger partial charge in [0, 0.05) is 6.20 Å². The topological polar surface area (TPSA) is 93.8 Å². The van der Waals surface area contributed by atoms with Crippen molar-refractivity contribution in [2.24, 2.45) is 0 Å². The number of amides is 1. The molecule has 0 saturated carbocycles. The Hall–Kier alpha value is -2.02. The zero-order chi connectivity index (χ0) is 12.3. The van der Waals surface area contributed by atoms with E-state index in [2.05, 4.69) is 19.9 Å².